The largest absolute Gasteiger partial charge is 0.393 e. The summed E-state index contributed by atoms with van der Waals surface area (Å²) in [5, 5.41) is 17.1. The van der Waals surface area contributed by atoms with Crippen LogP contribution in [0.5, 0.6) is 0 Å². The number of aromatic nitrogens is 2. The molecule has 2 rings (SSSR count). The van der Waals surface area contributed by atoms with E-state index in [9.17, 15) is 0 Å². The van der Waals surface area contributed by atoms with Crippen molar-refractivity contribution in [3.05, 3.63) is 48.4 Å². The smallest absolute Gasteiger partial charge is 0.105 e. The summed E-state index contributed by atoms with van der Waals surface area (Å²) in [7, 11) is 0. The Labute approximate surface area is 139 Å². The van der Waals surface area contributed by atoms with Gasteiger partial charge in [-0.25, -0.2) is 4.98 Å². The fourth-order valence-electron chi connectivity index (χ4n) is 1.65. The molecule has 117 valence electrons. The van der Waals surface area contributed by atoms with Gasteiger partial charge >= 0.3 is 0 Å². The molecule has 21 heavy (non-hydrogen) atoms. The maximum Gasteiger partial charge on any atom is 0.105 e. The average molecular weight is 466 g/mol. The number of aryl methyl sites for hydroxylation is 1. The van der Waals surface area contributed by atoms with Crippen molar-refractivity contribution in [2.45, 2.75) is 39.4 Å². The van der Waals surface area contributed by atoms with Gasteiger partial charge in [0.15, 0.2) is 0 Å². The Hall–Kier alpha value is -1.13. The maximum absolute atomic E-state index is 8.56. The topological polar surface area (TPSA) is 66.2 Å². The van der Waals surface area contributed by atoms with Gasteiger partial charge < -0.3 is 10.2 Å². The van der Waals surface area contributed by atoms with E-state index in [2.05, 4.69) is 16.0 Å². The Morgan fingerprint density at radius 1 is 1.14 bits per heavy atom. The molecule has 1 aromatic carbocycles. The fourth-order valence-corrected chi connectivity index (χ4v) is 1.65. The maximum atomic E-state index is 8.56. The first-order chi connectivity index (χ1) is 9.49. The van der Waals surface area contributed by atoms with Crippen molar-refractivity contribution in [3.8, 4) is 11.3 Å². The van der Waals surface area contributed by atoms with Crippen molar-refractivity contribution in [1.29, 1.82) is 0 Å². The van der Waals surface area contributed by atoms with E-state index in [0.29, 0.717) is 6.42 Å². The molecule has 0 fully saturated rings. The monoisotopic (exact) mass is 466 g/mol. The molecule has 2 atom stereocenters. The molecule has 1 radical (unpaired) electrons. The molecule has 0 aliphatic rings. The molecule has 1 heterocycles. The fraction of sp³-hybridized carbons (Fsp3) is 0.375. The molecule has 0 amide bonds. The van der Waals surface area contributed by atoms with Crippen LogP contribution in [0.15, 0.2) is 36.7 Å². The minimum Gasteiger partial charge on any atom is -0.393 e. The van der Waals surface area contributed by atoms with Gasteiger partial charge in [0.25, 0.3) is 0 Å². The third-order valence-electron chi connectivity index (χ3n) is 2.47. The molecule has 2 N–H and O–H groups in total. The van der Waals surface area contributed by atoms with E-state index >= 15 is 0 Å². The molecule has 0 saturated carbocycles. The number of rotatable bonds is 3. The number of nitrogens with zero attached hydrogens (tertiary/aromatic N) is 2. The molecule has 1 aromatic heterocycles. The van der Waals surface area contributed by atoms with Gasteiger partial charge in [-0.05, 0) is 32.9 Å². The van der Waals surface area contributed by atoms with Gasteiger partial charge in [-0.1, -0.05) is 6.07 Å². The second kappa shape index (κ2) is 10.6. The Balaban J connectivity index is 0.000000436. The Kier molecular flexibility index (Phi) is 10.0. The van der Waals surface area contributed by atoms with Gasteiger partial charge in [-0.2, -0.15) is 0 Å². The van der Waals surface area contributed by atoms with Crippen LogP contribution in [0, 0.1) is 13.0 Å². The van der Waals surface area contributed by atoms with Crippen molar-refractivity contribution in [2.75, 3.05) is 0 Å². The first-order valence-corrected chi connectivity index (χ1v) is 6.61. The summed E-state index contributed by atoms with van der Waals surface area (Å²) >= 11 is 0. The van der Waals surface area contributed by atoms with E-state index in [1.54, 1.807) is 20.2 Å². The van der Waals surface area contributed by atoms with Gasteiger partial charge in [0.05, 0.1) is 12.2 Å². The third kappa shape index (κ3) is 8.68. The van der Waals surface area contributed by atoms with Crippen LogP contribution in [0.4, 0.5) is 0 Å². The SMILES string of the molecule is CC(O)CC(C)O.Cc1cc(-c2[c-]cccc2)ncn1.[Ir]. The molecule has 0 saturated heterocycles. The standard InChI is InChI=1S/C11H9N2.C5H12O2.Ir/c1-9-7-11(13-8-12-9)10-5-3-2-4-6-10;1-4(6)3-5(2)7;/h2-5,7-8H,1H3;4-7H,3H2,1-2H3;/q-1;;. The summed E-state index contributed by atoms with van der Waals surface area (Å²) in [6.45, 7) is 5.27. The third-order valence-corrected chi connectivity index (χ3v) is 2.47. The van der Waals surface area contributed by atoms with Crippen molar-refractivity contribution >= 4 is 0 Å². The van der Waals surface area contributed by atoms with Crippen molar-refractivity contribution in [2.24, 2.45) is 0 Å². The van der Waals surface area contributed by atoms with E-state index < -0.39 is 0 Å². The summed E-state index contributed by atoms with van der Waals surface area (Å²) < 4.78 is 0. The van der Waals surface area contributed by atoms with Crippen LogP contribution >= 0.6 is 0 Å². The summed E-state index contributed by atoms with van der Waals surface area (Å²) in [5.74, 6) is 0. The number of aliphatic hydroxyl groups excluding tert-OH is 2. The van der Waals surface area contributed by atoms with Crippen LogP contribution < -0.4 is 0 Å². The first kappa shape index (κ1) is 19.9. The molecule has 0 bridgehead atoms. The number of hydrogen-bond donors (Lipinski definition) is 2. The van der Waals surface area contributed by atoms with Gasteiger partial charge in [0, 0.05) is 25.8 Å². The van der Waals surface area contributed by atoms with E-state index in [1.165, 1.54) is 0 Å². The predicted octanol–water partition coefficient (Wildman–Crippen LogP) is 2.39. The number of hydrogen-bond acceptors (Lipinski definition) is 4. The van der Waals surface area contributed by atoms with E-state index in [0.717, 1.165) is 17.0 Å². The summed E-state index contributed by atoms with van der Waals surface area (Å²) in [6.07, 6.45) is 1.30. The summed E-state index contributed by atoms with van der Waals surface area (Å²) in [5.41, 5.74) is 2.91. The van der Waals surface area contributed by atoms with Crippen molar-refractivity contribution in [1.82, 2.24) is 9.97 Å². The summed E-state index contributed by atoms with van der Waals surface area (Å²) in [6, 6.07) is 12.9. The average Bonchev–Trinajstić information content (AvgIpc) is 2.39. The van der Waals surface area contributed by atoms with Crippen LogP contribution in [0.25, 0.3) is 11.3 Å². The van der Waals surface area contributed by atoms with Crippen LogP contribution in [0.1, 0.15) is 26.0 Å². The van der Waals surface area contributed by atoms with E-state index in [-0.39, 0.29) is 32.3 Å². The van der Waals surface area contributed by atoms with Gasteiger partial charge in [0.2, 0.25) is 0 Å². The van der Waals surface area contributed by atoms with Gasteiger partial charge in [-0.15, -0.1) is 35.9 Å². The molecule has 0 spiro atoms. The van der Waals surface area contributed by atoms with Crippen LogP contribution in [0.3, 0.4) is 0 Å². The molecular formula is C16H21IrN2O2-. The van der Waals surface area contributed by atoms with E-state index in [1.807, 2.05) is 37.3 Å². The zero-order valence-electron chi connectivity index (χ0n) is 12.4. The van der Waals surface area contributed by atoms with Gasteiger partial charge in [-0.3, -0.25) is 4.98 Å². The minimum absolute atomic E-state index is 0. The molecule has 2 aromatic rings. The Bertz CT molecular complexity index is 499. The Morgan fingerprint density at radius 3 is 2.24 bits per heavy atom. The van der Waals surface area contributed by atoms with Crippen LogP contribution in [-0.2, 0) is 20.1 Å². The molecule has 2 unspecified atom stereocenters. The quantitative estimate of drug-likeness (QED) is 0.684. The summed E-state index contributed by atoms with van der Waals surface area (Å²) in [4.78, 5) is 8.21. The van der Waals surface area contributed by atoms with Gasteiger partial charge in [0.1, 0.15) is 6.33 Å². The Morgan fingerprint density at radius 2 is 1.81 bits per heavy atom. The molecule has 0 aliphatic carbocycles. The normalized spacial score (nSPS) is 12.4. The van der Waals surface area contributed by atoms with E-state index in [4.69, 9.17) is 10.2 Å². The number of aliphatic hydroxyl groups is 2. The molecule has 0 aliphatic heterocycles. The van der Waals surface area contributed by atoms with Crippen molar-refractivity contribution < 1.29 is 30.3 Å². The zero-order chi connectivity index (χ0) is 15.0. The van der Waals surface area contributed by atoms with Crippen LogP contribution in [0.2, 0.25) is 0 Å². The second-order valence-corrected chi connectivity index (χ2v) is 4.75. The predicted molar refractivity (Wildman–Crippen MR) is 79.0 cm³/mol. The van der Waals surface area contributed by atoms with Crippen LogP contribution in [-0.4, -0.2) is 32.4 Å². The molecular weight excluding hydrogens is 444 g/mol. The first-order valence-electron chi connectivity index (χ1n) is 6.61. The molecule has 5 heteroatoms. The second-order valence-electron chi connectivity index (χ2n) is 4.75. The zero-order valence-corrected chi connectivity index (χ0v) is 14.8. The number of benzene rings is 1. The van der Waals surface area contributed by atoms with Crippen molar-refractivity contribution in [3.63, 3.8) is 0 Å². The molecule has 4 nitrogen and oxygen atoms in total. The minimum atomic E-state index is -0.375.